The fourth-order valence-electron chi connectivity index (χ4n) is 2.02. The van der Waals surface area contributed by atoms with Crippen LogP contribution in [0.5, 0.6) is 0 Å². The van der Waals surface area contributed by atoms with Crippen molar-refractivity contribution in [2.24, 2.45) is 0 Å². The van der Waals surface area contributed by atoms with Crippen LogP contribution in [0.1, 0.15) is 5.69 Å². The Hall–Kier alpha value is -2.51. The second-order valence-corrected chi connectivity index (χ2v) is 4.50. The zero-order valence-electron chi connectivity index (χ0n) is 9.84. The van der Waals surface area contributed by atoms with Gasteiger partial charge in [-0.2, -0.15) is 5.26 Å². The molecule has 2 heterocycles. The molecule has 19 heavy (non-hydrogen) atoms. The fourth-order valence-corrected chi connectivity index (χ4v) is 2.24. The molecular formula is C14H9ClN4. The van der Waals surface area contributed by atoms with Gasteiger partial charge in [0, 0.05) is 17.4 Å². The van der Waals surface area contributed by atoms with E-state index in [1.165, 1.54) is 0 Å². The predicted octanol–water partition coefficient (Wildman–Crippen LogP) is 3.11. The molecule has 3 rings (SSSR count). The number of rotatable bonds is 1. The zero-order valence-corrected chi connectivity index (χ0v) is 10.6. The third kappa shape index (κ3) is 1.81. The molecule has 0 spiro atoms. The molecule has 0 fully saturated rings. The van der Waals surface area contributed by atoms with Crippen LogP contribution in [0.4, 0.5) is 5.69 Å². The third-order valence-electron chi connectivity index (χ3n) is 2.88. The van der Waals surface area contributed by atoms with Crippen LogP contribution < -0.4 is 5.73 Å². The molecule has 0 aliphatic rings. The number of benzene rings is 1. The van der Waals surface area contributed by atoms with Crippen LogP contribution in [0, 0.1) is 11.3 Å². The van der Waals surface area contributed by atoms with Crippen molar-refractivity contribution in [1.29, 1.82) is 5.26 Å². The Kier molecular flexibility index (Phi) is 2.62. The molecule has 0 atom stereocenters. The number of pyridine rings is 1. The molecule has 5 heteroatoms. The Bertz CT molecular complexity index is 814. The lowest BCUT2D eigenvalue weighted by Gasteiger charge is -2.04. The van der Waals surface area contributed by atoms with Crippen LogP contribution in [0.2, 0.25) is 5.02 Å². The second-order valence-electron chi connectivity index (χ2n) is 4.09. The lowest BCUT2D eigenvalue weighted by molar-refractivity contribution is 1.16. The minimum absolute atomic E-state index is 0.356. The number of hydrogen-bond donors (Lipinski definition) is 1. The Balaban J connectivity index is 2.39. The molecule has 0 aliphatic carbocycles. The number of nitrogens with zero attached hydrogens (tertiary/aromatic N) is 3. The van der Waals surface area contributed by atoms with E-state index in [0.29, 0.717) is 27.7 Å². The minimum atomic E-state index is 0.356. The van der Waals surface area contributed by atoms with Gasteiger partial charge in [0.25, 0.3) is 0 Å². The number of nitriles is 1. The van der Waals surface area contributed by atoms with Gasteiger partial charge in [-0.05, 0) is 24.3 Å². The average molecular weight is 269 g/mol. The summed E-state index contributed by atoms with van der Waals surface area (Å²) >= 11 is 6.18. The van der Waals surface area contributed by atoms with Crippen molar-refractivity contribution in [3.05, 3.63) is 53.3 Å². The van der Waals surface area contributed by atoms with Crippen molar-refractivity contribution in [1.82, 2.24) is 9.38 Å². The molecule has 0 aliphatic heterocycles. The van der Waals surface area contributed by atoms with Crippen molar-refractivity contribution < 1.29 is 0 Å². The lowest BCUT2D eigenvalue weighted by Crippen LogP contribution is -1.93. The van der Waals surface area contributed by atoms with Crippen molar-refractivity contribution in [3.63, 3.8) is 0 Å². The van der Waals surface area contributed by atoms with Gasteiger partial charge < -0.3 is 5.73 Å². The van der Waals surface area contributed by atoms with E-state index in [1.807, 2.05) is 18.2 Å². The van der Waals surface area contributed by atoms with Gasteiger partial charge in [0.15, 0.2) is 5.69 Å². The van der Waals surface area contributed by atoms with E-state index in [0.717, 1.165) is 5.56 Å². The van der Waals surface area contributed by atoms with E-state index in [1.54, 1.807) is 28.8 Å². The maximum absolute atomic E-state index is 9.14. The number of fused-ring (bicyclic) bond motifs is 1. The summed E-state index contributed by atoms with van der Waals surface area (Å²) in [6.07, 6.45) is 1.74. The number of halogens is 1. The highest BCUT2D eigenvalue weighted by Gasteiger charge is 2.14. The van der Waals surface area contributed by atoms with Crippen molar-refractivity contribution in [2.45, 2.75) is 0 Å². The van der Waals surface area contributed by atoms with Crippen LogP contribution in [0.3, 0.4) is 0 Å². The summed E-state index contributed by atoms with van der Waals surface area (Å²) in [6.45, 7) is 0. The van der Waals surface area contributed by atoms with Crippen LogP contribution in [0.25, 0.3) is 16.9 Å². The van der Waals surface area contributed by atoms with Crippen LogP contribution in [-0.4, -0.2) is 9.38 Å². The number of imidazole rings is 1. The molecule has 0 unspecified atom stereocenters. The summed E-state index contributed by atoms with van der Waals surface area (Å²) in [5.74, 6) is 0.615. The number of anilines is 1. The highest BCUT2D eigenvalue weighted by atomic mass is 35.5. The van der Waals surface area contributed by atoms with Crippen LogP contribution in [0.15, 0.2) is 42.6 Å². The van der Waals surface area contributed by atoms with Gasteiger partial charge in [-0.15, -0.1) is 0 Å². The van der Waals surface area contributed by atoms with Crippen LogP contribution in [-0.2, 0) is 0 Å². The van der Waals surface area contributed by atoms with E-state index in [4.69, 9.17) is 22.6 Å². The van der Waals surface area contributed by atoms with Gasteiger partial charge in [0.05, 0.1) is 10.5 Å². The topological polar surface area (TPSA) is 67.1 Å². The van der Waals surface area contributed by atoms with E-state index in [9.17, 15) is 0 Å². The molecular weight excluding hydrogens is 260 g/mol. The van der Waals surface area contributed by atoms with Gasteiger partial charge in [0.1, 0.15) is 11.9 Å². The summed E-state index contributed by atoms with van der Waals surface area (Å²) < 4.78 is 1.79. The predicted molar refractivity (Wildman–Crippen MR) is 74.8 cm³/mol. The minimum Gasteiger partial charge on any atom is -0.398 e. The van der Waals surface area contributed by atoms with E-state index >= 15 is 0 Å². The Morgan fingerprint density at radius 1 is 1.21 bits per heavy atom. The molecule has 4 nitrogen and oxygen atoms in total. The fraction of sp³-hybridized carbons (Fsp3) is 0. The molecule has 2 aromatic heterocycles. The Morgan fingerprint density at radius 3 is 2.74 bits per heavy atom. The smallest absolute Gasteiger partial charge is 0.166 e. The summed E-state index contributed by atoms with van der Waals surface area (Å²) in [5, 5.41) is 9.73. The van der Waals surface area contributed by atoms with Gasteiger partial charge in [0.2, 0.25) is 0 Å². The largest absolute Gasteiger partial charge is 0.398 e. The normalized spacial score (nSPS) is 10.5. The average Bonchev–Trinajstić information content (AvgIpc) is 2.77. The van der Waals surface area contributed by atoms with E-state index < -0.39 is 0 Å². The summed E-state index contributed by atoms with van der Waals surface area (Å²) in [5.41, 5.74) is 8.24. The first kappa shape index (κ1) is 11.6. The van der Waals surface area contributed by atoms with Crippen molar-refractivity contribution in [2.75, 3.05) is 5.73 Å². The molecule has 0 saturated carbocycles. The highest BCUT2D eigenvalue weighted by Crippen LogP contribution is 2.29. The van der Waals surface area contributed by atoms with E-state index in [2.05, 4.69) is 11.1 Å². The molecule has 0 bridgehead atoms. The summed E-state index contributed by atoms with van der Waals surface area (Å²) in [7, 11) is 0. The number of nitrogens with two attached hydrogens (primary N) is 1. The standard InChI is InChI=1S/C14H9ClN4/c15-11-4-2-1-3-10(11)14-18-12(7-16)13-6-5-9(17)8-19(13)14/h1-6,8H,17H2. The molecule has 0 saturated heterocycles. The number of hydrogen-bond acceptors (Lipinski definition) is 3. The molecule has 92 valence electrons. The maximum atomic E-state index is 9.14. The Morgan fingerprint density at radius 2 is 2.00 bits per heavy atom. The highest BCUT2D eigenvalue weighted by molar-refractivity contribution is 6.33. The monoisotopic (exact) mass is 268 g/mol. The first-order chi connectivity index (χ1) is 9.20. The van der Waals surface area contributed by atoms with Gasteiger partial charge in [-0.3, -0.25) is 4.40 Å². The molecule has 3 aromatic rings. The summed E-state index contributed by atoms with van der Waals surface area (Å²) in [6, 6.07) is 13.0. The Labute approximate surface area is 114 Å². The quantitative estimate of drug-likeness (QED) is 0.737. The number of aromatic nitrogens is 2. The molecule has 0 amide bonds. The molecule has 0 radical (unpaired) electrons. The molecule has 1 aromatic carbocycles. The van der Waals surface area contributed by atoms with Gasteiger partial charge in [-0.25, -0.2) is 4.98 Å². The van der Waals surface area contributed by atoms with Crippen LogP contribution >= 0.6 is 11.6 Å². The summed E-state index contributed by atoms with van der Waals surface area (Å²) in [4.78, 5) is 4.34. The first-order valence-corrected chi connectivity index (χ1v) is 6.01. The number of nitrogen functional groups attached to an aromatic ring is 1. The van der Waals surface area contributed by atoms with E-state index in [-0.39, 0.29) is 0 Å². The second kappa shape index (κ2) is 4.30. The van der Waals surface area contributed by atoms with Gasteiger partial charge >= 0.3 is 0 Å². The van der Waals surface area contributed by atoms with Crippen molar-refractivity contribution >= 4 is 22.8 Å². The van der Waals surface area contributed by atoms with Crippen molar-refractivity contribution in [3.8, 4) is 17.5 Å². The molecule has 2 N–H and O–H groups in total. The lowest BCUT2D eigenvalue weighted by atomic mass is 10.2. The SMILES string of the molecule is N#Cc1nc(-c2ccccc2Cl)n2cc(N)ccc12. The third-order valence-corrected chi connectivity index (χ3v) is 3.21. The zero-order chi connectivity index (χ0) is 13.4. The first-order valence-electron chi connectivity index (χ1n) is 5.63. The van der Waals surface area contributed by atoms with Gasteiger partial charge in [-0.1, -0.05) is 23.7 Å². The maximum Gasteiger partial charge on any atom is 0.166 e.